The number of aryl methyl sites for hydroxylation is 1. The number of ether oxygens (including phenoxy) is 1. The SMILES string of the molecule is Cc1cc(OCC(=O)N(Cc2ccc(N(C)C)cc2)C2CCS(=O)(=O)C2)ccc1Cl. The van der Waals surface area contributed by atoms with Gasteiger partial charge in [-0.25, -0.2) is 8.42 Å². The van der Waals surface area contributed by atoms with E-state index in [4.69, 9.17) is 16.3 Å². The zero-order chi connectivity index (χ0) is 21.9. The van der Waals surface area contributed by atoms with Gasteiger partial charge in [0, 0.05) is 37.4 Å². The summed E-state index contributed by atoms with van der Waals surface area (Å²) in [5.74, 6) is 0.424. The van der Waals surface area contributed by atoms with Crippen LogP contribution in [0.15, 0.2) is 42.5 Å². The molecule has 1 fully saturated rings. The highest BCUT2D eigenvalue weighted by Crippen LogP contribution is 2.23. The Balaban J connectivity index is 1.74. The van der Waals surface area contributed by atoms with Gasteiger partial charge >= 0.3 is 0 Å². The maximum Gasteiger partial charge on any atom is 0.261 e. The quantitative estimate of drug-likeness (QED) is 0.647. The molecule has 1 amide bonds. The zero-order valence-electron chi connectivity index (χ0n) is 17.5. The van der Waals surface area contributed by atoms with Crippen LogP contribution in [0.1, 0.15) is 17.5 Å². The smallest absolute Gasteiger partial charge is 0.261 e. The number of rotatable bonds is 7. The fourth-order valence-electron chi connectivity index (χ4n) is 3.47. The minimum Gasteiger partial charge on any atom is -0.484 e. The summed E-state index contributed by atoms with van der Waals surface area (Å²) in [5.41, 5.74) is 2.86. The first-order valence-electron chi connectivity index (χ1n) is 9.80. The van der Waals surface area contributed by atoms with Crippen LogP contribution in [0, 0.1) is 6.92 Å². The second-order valence-corrected chi connectivity index (χ2v) is 10.5. The monoisotopic (exact) mass is 450 g/mol. The molecule has 0 aliphatic carbocycles. The normalized spacial score (nSPS) is 17.5. The van der Waals surface area contributed by atoms with E-state index in [-0.39, 0.29) is 30.1 Å². The van der Waals surface area contributed by atoms with Gasteiger partial charge in [0.25, 0.3) is 5.91 Å². The number of carbonyl (C=O) groups is 1. The van der Waals surface area contributed by atoms with Crippen molar-refractivity contribution in [3.8, 4) is 5.75 Å². The summed E-state index contributed by atoms with van der Waals surface area (Å²) in [4.78, 5) is 16.7. The lowest BCUT2D eigenvalue weighted by Gasteiger charge is -2.28. The largest absolute Gasteiger partial charge is 0.484 e. The number of amides is 1. The Kier molecular flexibility index (Phi) is 6.93. The lowest BCUT2D eigenvalue weighted by molar-refractivity contribution is -0.136. The molecule has 8 heteroatoms. The van der Waals surface area contributed by atoms with Crippen LogP contribution in [0.25, 0.3) is 0 Å². The van der Waals surface area contributed by atoms with Crippen molar-refractivity contribution < 1.29 is 17.9 Å². The first kappa shape index (κ1) is 22.4. The Morgan fingerprint density at radius 2 is 1.87 bits per heavy atom. The number of carbonyl (C=O) groups excluding carboxylic acids is 1. The number of benzene rings is 2. The second-order valence-electron chi connectivity index (χ2n) is 7.84. The predicted octanol–water partition coefficient (Wildman–Crippen LogP) is 3.31. The van der Waals surface area contributed by atoms with Gasteiger partial charge in [0.1, 0.15) is 5.75 Å². The summed E-state index contributed by atoms with van der Waals surface area (Å²) in [7, 11) is 0.807. The predicted molar refractivity (Wildman–Crippen MR) is 120 cm³/mol. The molecule has 6 nitrogen and oxygen atoms in total. The second kappa shape index (κ2) is 9.27. The van der Waals surface area contributed by atoms with Crippen molar-refractivity contribution in [3.63, 3.8) is 0 Å². The molecule has 0 bridgehead atoms. The first-order valence-corrected chi connectivity index (χ1v) is 12.0. The van der Waals surface area contributed by atoms with Crippen molar-refractivity contribution in [1.29, 1.82) is 0 Å². The molecule has 30 heavy (non-hydrogen) atoms. The molecule has 1 unspecified atom stereocenters. The Hall–Kier alpha value is -2.25. The van der Waals surface area contributed by atoms with E-state index in [0.29, 0.717) is 23.7 Å². The summed E-state index contributed by atoms with van der Waals surface area (Å²) in [5, 5.41) is 0.632. The average molecular weight is 451 g/mol. The maximum absolute atomic E-state index is 13.0. The number of hydrogen-bond acceptors (Lipinski definition) is 5. The molecule has 0 spiro atoms. The van der Waals surface area contributed by atoms with Crippen molar-refractivity contribution >= 4 is 33.0 Å². The van der Waals surface area contributed by atoms with Crippen LogP contribution < -0.4 is 9.64 Å². The van der Waals surface area contributed by atoms with Crippen molar-refractivity contribution in [2.75, 3.05) is 37.1 Å². The number of anilines is 1. The van der Waals surface area contributed by atoms with Gasteiger partial charge in [-0.2, -0.15) is 0 Å². The standard InChI is InChI=1S/C22H27ClN2O4S/c1-16-12-20(8-9-21(16)23)29-14-22(26)25(19-10-11-30(27,28)15-19)13-17-4-6-18(7-5-17)24(2)3/h4-9,12,19H,10-11,13-15H2,1-3H3. The molecule has 0 radical (unpaired) electrons. The number of hydrogen-bond donors (Lipinski definition) is 0. The van der Waals surface area contributed by atoms with E-state index in [0.717, 1.165) is 16.8 Å². The van der Waals surface area contributed by atoms with Gasteiger partial charge < -0.3 is 14.5 Å². The molecule has 1 saturated heterocycles. The summed E-state index contributed by atoms with van der Waals surface area (Å²) < 4.78 is 29.7. The van der Waals surface area contributed by atoms with Crippen LogP contribution in [0.5, 0.6) is 5.75 Å². The van der Waals surface area contributed by atoms with Gasteiger partial charge in [-0.15, -0.1) is 0 Å². The van der Waals surface area contributed by atoms with Crippen molar-refractivity contribution in [1.82, 2.24) is 4.90 Å². The van der Waals surface area contributed by atoms with Crippen LogP contribution >= 0.6 is 11.6 Å². The Morgan fingerprint density at radius 3 is 2.43 bits per heavy atom. The van der Waals surface area contributed by atoms with E-state index in [1.807, 2.05) is 50.2 Å². The third-order valence-corrected chi connectivity index (χ3v) is 7.44. The number of sulfone groups is 1. The van der Waals surface area contributed by atoms with Gasteiger partial charge in [0.15, 0.2) is 16.4 Å². The highest BCUT2D eigenvalue weighted by atomic mass is 35.5. The van der Waals surface area contributed by atoms with Crippen LogP contribution in [-0.2, 0) is 21.2 Å². The van der Waals surface area contributed by atoms with Crippen molar-refractivity contribution in [2.45, 2.75) is 25.9 Å². The minimum absolute atomic E-state index is 0.00538. The summed E-state index contributed by atoms with van der Waals surface area (Å²) in [6, 6.07) is 12.8. The summed E-state index contributed by atoms with van der Waals surface area (Å²) in [6.45, 7) is 2.05. The van der Waals surface area contributed by atoms with Gasteiger partial charge in [-0.1, -0.05) is 23.7 Å². The number of halogens is 1. The molecule has 162 valence electrons. The fourth-order valence-corrected chi connectivity index (χ4v) is 5.32. The highest BCUT2D eigenvalue weighted by Gasteiger charge is 2.34. The van der Waals surface area contributed by atoms with E-state index in [9.17, 15) is 13.2 Å². The lowest BCUT2D eigenvalue weighted by atomic mass is 10.1. The van der Waals surface area contributed by atoms with E-state index in [1.165, 1.54) is 0 Å². The Morgan fingerprint density at radius 1 is 1.17 bits per heavy atom. The molecule has 0 saturated carbocycles. The maximum atomic E-state index is 13.0. The highest BCUT2D eigenvalue weighted by molar-refractivity contribution is 7.91. The molecule has 1 aliphatic rings. The van der Waals surface area contributed by atoms with Crippen LogP contribution in [0.3, 0.4) is 0 Å². The topological polar surface area (TPSA) is 66.9 Å². The van der Waals surface area contributed by atoms with Crippen molar-refractivity contribution in [2.24, 2.45) is 0 Å². The summed E-state index contributed by atoms with van der Waals surface area (Å²) >= 11 is 6.04. The van der Waals surface area contributed by atoms with Crippen LogP contribution in [-0.4, -0.2) is 57.5 Å². The fraction of sp³-hybridized carbons (Fsp3) is 0.409. The molecule has 1 heterocycles. The van der Waals surface area contributed by atoms with Crippen LogP contribution in [0.4, 0.5) is 5.69 Å². The van der Waals surface area contributed by atoms with Gasteiger partial charge in [0.05, 0.1) is 11.5 Å². The molecular weight excluding hydrogens is 424 g/mol. The molecule has 1 atom stereocenters. The molecule has 2 aromatic rings. The zero-order valence-corrected chi connectivity index (χ0v) is 19.0. The number of nitrogens with zero attached hydrogens (tertiary/aromatic N) is 2. The van der Waals surface area contributed by atoms with E-state index < -0.39 is 9.84 Å². The van der Waals surface area contributed by atoms with Gasteiger partial charge in [0.2, 0.25) is 0 Å². The third-order valence-electron chi connectivity index (χ3n) is 5.27. The van der Waals surface area contributed by atoms with E-state index in [2.05, 4.69) is 0 Å². The third kappa shape index (κ3) is 5.67. The molecule has 2 aromatic carbocycles. The van der Waals surface area contributed by atoms with Crippen LogP contribution in [0.2, 0.25) is 5.02 Å². The Labute approximate surface area is 183 Å². The van der Waals surface area contributed by atoms with Gasteiger partial charge in [-0.05, 0) is 54.8 Å². The Bertz CT molecular complexity index is 1010. The van der Waals surface area contributed by atoms with Crippen molar-refractivity contribution in [3.05, 3.63) is 58.6 Å². The molecule has 0 aromatic heterocycles. The summed E-state index contributed by atoms with van der Waals surface area (Å²) in [6.07, 6.45) is 0.448. The molecular formula is C22H27ClN2O4S. The lowest BCUT2D eigenvalue weighted by Crippen LogP contribution is -2.43. The average Bonchev–Trinajstić information content (AvgIpc) is 3.06. The molecule has 1 aliphatic heterocycles. The minimum atomic E-state index is -3.12. The van der Waals surface area contributed by atoms with E-state index >= 15 is 0 Å². The first-order chi connectivity index (χ1) is 14.1. The molecule has 3 rings (SSSR count). The van der Waals surface area contributed by atoms with E-state index in [1.54, 1.807) is 23.1 Å². The van der Waals surface area contributed by atoms with Gasteiger partial charge in [-0.3, -0.25) is 4.79 Å². The molecule has 0 N–H and O–H groups in total.